The largest absolute Gasteiger partial charge is 0.352 e. The van der Waals surface area contributed by atoms with Gasteiger partial charge in [-0.25, -0.2) is 0 Å². The minimum Gasteiger partial charge on any atom is -0.352 e. The Bertz CT molecular complexity index is 1160. The lowest BCUT2D eigenvalue weighted by Crippen LogP contribution is -2.58. The van der Waals surface area contributed by atoms with Gasteiger partial charge in [-0.3, -0.25) is 4.90 Å². The fourth-order valence-electron chi connectivity index (χ4n) is 6.83. The third kappa shape index (κ3) is 2.93. The Hall–Kier alpha value is -2.40. The number of aromatic nitrogens is 1. The van der Waals surface area contributed by atoms with Crippen molar-refractivity contribution in [2.75, 3.05) is 13.7 Å². The van der Waals surface area contributed by atoms with E-state index in [0.29, 0.717) is 23.9 Å². The lowest BCUT2D eigenvalue weighted by Gasteiger charge is -2.56. The topological polar surface area (TPSA) is 26.6 Å². The van der Waals surface area contributed by atoms with Crippen LogP contribution in [-0.4, -0.2) is 35.5 Å². The molecule has 2 bridgehead atoms. The summed E-state index contributed by atoms with van der Waals surface area (Å²) in [4.78, 5) is 2.78. The summed E-state index contributed by atoms with van der Waals surface area (Å²) in [5.41, 5.74) is 7.13. The van der Waals surface area contributed by atoms with Gasteiger partial charge >= 0.3 is 0 Å². The van der Waals surface area contributed by atoms with E-state index < -0.39 is 0 Å². The summed E-state index contributed by atoms with van der Waals surface area (Å²) in [6, 6.07) is 20.7. The molecule has 2 fully saturated rings. The number of nitrogens with zero attached hydrogens (tertiary/aromatic N) is 2. The highest BCUT2D eigenvalue weighted by Gasteiger charge is 2.52. The highest BCUT2D eigenvalue weighted by Crippen LogP contribution is 2.53. The number of hydrogen-bond acceptors (Lipinski definition) is 3. The molecule has 0 radical (unpaired) electrons. The van der Waals surface area contributed by atoms with Gasteiger partial charge in [-0.05, 0) is 48.4 Å². The van der Waals surface area contributed by atoms with Gasteiger partial charge in [0.05, 0.1) is 12.6 Å². The molecule has 1 aromatic heterocycles. The van der Waals surface area contributed by atoms with Crippen LogP contribution >= 0.6 is 0 Å². The molecule has 6 rings (SSSR count). The van der Waals surface area contributed by atoms with Crippen LogP contribution in [0.15, 0.2) is 66.2 Å². The normalized spacial score (nSPS) is 31.0. The zero-order chi connectivity index (χ0) is 21.8. The molecule has 166 valence electrons. The molecule has 4 heteroatoms. The second kappa shape index (κ2) is 7.87. The van der Waals surface area contributed by atoms with Crippen molar-refractivity contribution in [1.82, 2.24) is 9.47 Å². The smallest absolute Gasteiger partial charge is 0.179 e. The van der Waals surface area contributed by atoms with Gasteiger partial charge in [-0.1, -0.05) is 54.6 Å². The van der Waals surface area contributed by atoms with Crippen molar-refractivity contribution in [3.8, 4) is 0 Å². The van der Waals surface area contributed by atoms with Gasteiger partial charge in [0.2, 0.25) is 0 Å². The maximum atomic E-state index is 6.25. The average Bonchev–Trinajstić information content (AvgIpc) is 3.11. The number of benzene rings is 2. The van der Waals surface area contributed by atoms with Crippen molar-refractivity contribution in [2.24, 2.45) is 18.9 Å². The quantitative estimate of drug-likeness (QED) is 0.535. The molecule has 4 nitrogen and oxygen atoms in total. The predicted molar refractivity (Wildman–Crippen MR) is 127 cm³/mol. The molecule has 2 aromatic carbocycles. The van der Waals surface area contributed by atoms with Crippen LogP contribution in [-0.2, 0) is 29.5 Å². The number of allylic oxidation sites excluding steroid dienone is 1. The fourth-order valence-corrected chi connectivity index (χ4v) is 6.83. The molecule has 0 spiro atoms. The van der Waals surface area contributed by atoms with E-state index in [1.165, 1.54) is 27.7 Å². The zero-order valence-electron chi connectivity index (χ0n) is 19.2. The Morgan fingerprint density at radius 3 is 2.66 bits per heavy atom. The third-order valence-corrected chi connectivity index (χ3v) is 8.20. The number of piperidine rings is 1. The Labute approximate surface area is 190 Å². The Morgan fingerprint density at radius 1 is 1.09 bits per heavy atom. The number of ether oxygens (including phenoxy) is 2. The second-order valence-electron chi connectivity index (χ2n) is 9.58. The summed E-state index contributed by atoms with van der Waals surface area (Å²) in [5.74, 6) is 0.992. The summed E-state index contributed by atoms with van der Waals surface area (Å²) in [5, 5.41) is 1.43. The van der Waals surface area contributed by atoms with Crippen LogP contribution in [0.1, 0.15) is 36.2 Å². The molecular weight excluding hydrogens is 396 g/mol. The first-order chi connectivity index (χ1) is 15.7. The van der Waals surface area contributed by atoms with Gasteiger partial charge in [0, 0.05) is 49.3 Å². The summed E-state index contributed by atoms with van der Waals surface area (Å²) in [6.45, 7) is 3.89. The molecule has 32 heavy (non-hydrogen) atoms. The number of para-hydroxylation sites is 1. The third-order valence-electron chi connectivity index (χ3n) is 8.20. The maximum Gasteiger partial charge on any atom is 0.179 e. The van der Waals surface area contributed by atoms with Crippen LogP contribution in [0.5, 0.6) is 0 Å². The molecule has 0 amide bonds. The summed E-state index contributed by atoms with van der Waals surface area (Å²) in [7, 11) is 4.02. The average molecular weight is 429 g/mol. The first-order valence-corrected chi connectivity index (χ1v) is 11.9. The molecule has 3 aromatic rings. The number of fused-ring (bicyclic) bond motifs is 8. The molecular formula is C28H32N2O2. The minimum absolute atomic E-state index is 0.199. The van der Waals surface area contributed by atoms with E-state index in [-0.39, 0.29) is 6.29 Å². The lowest BCUT2D eigenvalue weighted by molar-refractivity contribution is -0.167. The van der Waals surface area contributed by atoms with Gasteiger partial charge in [0.15, 0.2) is 6.29 Å². The highest BCUT2D eigenvalue weighted by molar-refractivity contribution is 5.86. The molecule has 0 unspecified atom stereocenters. The van der Waals surface area contributed by atoms with Crippen molar-refractivity contribution < 1.29 is 9.47 Å². The maximum absolute atomic E-state index is 6.25. The monoisotopic (exact) mass is 428 g/mol. The predicted octanol–water partition coefficient (Wildman–Crippen LogP) is 5.23. The summed E-state index contributed by atoms with van der Waals surface area (Å²) >= 11 is 0. The van der Waals surface area contributed by atoms with E-state index in [0.717, 1.165) is 26.0 Å². The standard InChI is InChI=1S/C28H32N2O2/c1-4-19-21-14-26-27-22(20-12-8-9-13-24(20)29(27)2)15-25(23(21)17-32-28(19)31-3)30(26)16-18-10-6-5-7-11-18/h4-13,21,23,25-26,28H,14-17H2,1-3H3/b19-4+/t21-,23+,25-,26-,28-/m0/s1. The van der Waals surface area contributed by atoms with Crippen LogP contribution < -0.4 is 0 Å². The summed E-state index contributed by atoms with van der Waals surface area (Å²) < 4.78 is 14.4. The first-order valence-electron chi connectivity index (χ1n) is 11.9. The van der Waals surface area contributed by atoms with E-state index in [4.69, 9.17) is 9.47 Å². The number of methoxy groups -OCH3 is 1. The molecule has 0 aliphatic carbocycles. The van der Waals surface area contributed by atoms with Gasteiger partial charge < -0.3 is 14.0 Å². The van der Waals surface area contributed by atoms with E-state index in [1.807, 2.05) is 0 Å². The molecule has 0 saturated carbocycles. The van der Waals surface area contributed by atoms with Gasteiger partial charge in [-0.15, -0.1) is 0 Å². The number of hydrogen-bond donors (Lipinski definition) is 0. The van der Waals surface area contributed by atoms with Crippen molar-refractivity contribution in [2.45, 2.75) is 44.7 Å². The van der Waals surface area contributed by atoms with Crippen LogP contribution in [0.25, 0.3) is 10.9 Å². The Morgan fingerprint density at radius 2 is 1.88 bits per heavy atom. The van der Waals surface area contributed by atoms with Crippen molar-refractivity contribution in [1.29, 1.82) is 0 Å². The highest BCUT2D eigenvalue weighted by atomic mass is 16.7. The Kier molecular flexibility index (Phi) is 4.98. The van der Waals surface area contributed by atoms with E-state index in [1.54, 1.807) is 12.7 Å². The van der Waals surface area contributed by atoms with Crippen LogP contribution in [0.2, 0.25) is 0 Å². The van der Waals surface area contributed by atoms with Crippen LogP contribution in [0.4, 0.5) is 0 Å². The van der Waals surface area contributed by atoms with Gasteiger partial charge in [0.25, 0.3) is 0 Å². The number of aryl methyl sites for hydroxylation is 1. The van der Waals surface area contributed by atoms with E-state index in [9.17, 15) is 0 Å². The fraction of sp³-hybridized carbons (Fsp3) is 0.429. The zero-order valence-corrected chi connectivity index (χ0v) is 19.2. The molecule has 3 aliphatic rings. The van der Waals surface area contributed by atoms with E-state index in [2.05, 4.69) is 84.1 Å². The Balaban J connectivity index is 1.49. The molecule has 4 heterocycles. The summed E-state index contributed by atoms with van der Waals surface area (Å²) in [6.07, 6.45) is 4.25. The van der Waals surface area contributed by atoms with Crippen LogP contribution in [0, 0.1) is 11.8 Å². The SMILES string of the molecule is C/C=C1/[C@@H](OC)OC[C@@H]2[C@H]1C[C@H]1c3c(c4ccccc4n3C)C[C@@H]2N1Cc1ccccc1. The second-order valence-corrected chi connectivity index (χ2v) is 9.58. The molecule has 5 atom stereocenters. The van der Waals surface area contributed by atoms with Crippen molar-refractivity contribution >= 4 is 10.9 Å². The molecule has 3 aliphatic heterocycles. The van der Waals surface area contributed by atoms with Crippen LogP contribution in [0.3, 0.4) is 0 Å². The van der Waals surface area contributed by atoms with E-state index >= 15 is 0 Å². The minimum atomic E-state index is -0.199. The molecule has 0 N–H and O–H groups in total. The molecule has 2 saturated heterocycles. The number of rotatable bonds is 3. The first kappa shape index (κ1) is 20.2. The van der Waals surface area contributed by atoms with Gasteiger partial charge in [-0.2, -0.15) is 0 Å². The van der Waals surface area contributed by atoms with Crippen molar-refractivity contribution in [3.63, 3.8) is 0 Å². The van der Waals surface area contributed by atoms with Crippen molar-refractivity contribution in [3.05, 3.63) is 83.1 Å². The lowest BCUT2D eigenvalue weighted by atomic mass is 9.66. The van der Waals surface area contributed by atoms with Gasteiger partial charge in [0.1, 0.15) is 0 Å².